The van der Waals surface area contributed by atoms with E-state index in [4.69, 9.17) is 45.1 Å². The van der Waals surface area contributed by atoms with Crippen LogP contribution in [-0.4, -0.2) is 114 Å². The second kappa shape index (κ2) is 15.5. The molecule has 0 aliphatic carbocycles. The van der Waals surface area contributed by atoms with Crippen LogP contribution in [0.5, 0.6) is 0 Å². The standard InChI is InChI=1S/C22H30B2N10O19P4/c1-31-5-33(15-9(31)17(39)29-21(25)27-15)19-13(37)11(35)7(49-19)3-47-54(23,41)51-56(43,44)53-57(45,46)52-55(24,42)48-4-8-12(36)14(38)20(50-8)34-6-32(2)10-16(34)28-22(26)30-18(10)40/h5-8,11-14,19-20,35-38H,3-4H2,1-2H3,(H6-2,25,26,27,28,29,30,39,40,43,44,45,46)/t7-,8-,11-,12-,13-,14-,19-,20-,54-,55-/m1/s1. The Morgan fingerprint density at radius 2 is 1.09 bits per heavy atom. The molecule has 0 spiro atoms. The van der Waals surface area contributed by atoms with Crippen molar-refractivity contribution in [2.45, 2.75) is 49.1 Å². The number of hydrogen-bond acceptors (Lipinski definition) is 23. The number of aryl methyl sites for hydroxylation is 2. The van der Waals surface area contributed by atoms with E-state index in [2.05, 4.69) is 32.9 Å². The van der Waals surface area contributed by atoms with Crippen LogP contribution < -0.4 is 41.5 Å². The number of nitrogens with zero attached hydrogens (tertiary/aromatic N) is 6. The third-order valence-corrected chi connectivity index (χ3v) is 14.3. The molecule has 308 valence electrons. The van der Waals surface area contributed by atoms with Crippen LogP contribution in [0.15, 0.2) is 22.2 Å². The van der Waals surface area contributed by atoms with Gasteiger partial charge in [0.2, 0.25) is 38.6 Å². The highest BCUT2D eigenvalue weighted by molar-refractivity contribution is 7.85. The van der Waals surface area contributed by atoms with Gasteiger partial charge < -0.3 is 60.2 Å². The quantitative estimate of drug-likeness (QED) is 0.0332. The minimum Gasteiger partial charge on any atom is -0.756 e. The summed E-state index contributed by atoms with van der Waals surface area (Å²) >= 11 is 0. The summed E-state index contributed by atoms with van der Waals surface area (Å²) < 4.78 is 87.3. The Balaban J connectivity index is 1.04. The maximum atomic E-state index is 12.7. The number of fused-ring (bicyclic) bond motifs is 2. The number of nitrogens with two attached hydrogens (primary N) is 2. The van der Waals surface area contributed by atoms with Crippen molar-refractivity contribution in [3.05, 3.63) is 33.4 Å². The van der Waals surface area contributed by atoms with Gasteiger partial charge in [-0.15, -0.1) is 0 Å². The smallest absolute Gasteiger partial charge is 0.313 e. The van der Waals surface area contributed by atoms with E-state index in [1.807, 2.05) is 0 Å². The summed E-state index contributed by atoms with van der Waals surface area (Å²) in [7, 11) is -10.1. The van der Waals surface area contributed by atoms with E-state index in [0.29, 0.717) is 0 Å². The Hall–Kier alpha value is -3.17. The summed E-state index contributed by atoms with van der Waals surface area (Å²) in [4.78, 5) is 61.9. The second-order valence-corrected chi connectivity index (χ2v) is 18.8. The SMILES string of the molecule is [B][P@@](=O)(OC[C@H]1O[C@@H]([n+]2cn(C)c3c(=O)[nH]c(N)nc32)[C@H](O)[C@@H]1O)OP(=O)([O-])OP(=O)([O-])O[P@]([B])(=O)OC[C@H]1O[C@@H]([n+]2cn(C)c3c(=O)[nH]c(N)nc32)[C@H](O)[C@@H]1O. The first-order valence-corrected chi connectivity index (χ1v) is 21.8. The van der Waals surface area contributed by atoms with Gasteiger partial charge >= 0.3 is 11.3 Å². The number of aliphatic hydroxyl groups is 4. The molecular weight excluding hydrogens is 854 g/mol. The molecule has 2 aliphatic heterocycles. The molecule has 0 aromatic carbocycles. The normalized spacial score (nSPS) is 29.6. The number of imidazole rings is 2. The van der Waals surface area contributed by atoms with Gasteiger partial charge in [0.15, 0.2) is 12.7 Å². The van der Waals surface area contributed by atoms with Crippen LogP contribution in [-0.2, 0) is 63.8 Å². The van der Waals surface area contributed by atoms with Crippen molar-refractivity contribution in [1.82, 2.24) is 29.1 Å². The van der Waals surface area contributed by atoms with Gasteiger partial charge in [-0.25, -0.2) is 22.1 Å². The third-order valence-electron chi connectivity index (χ3n) is 8.27. The molecule has 35 heteroatoms. The number of nitrogens with one attached hydrogen (secondary N) is 2. The predicted octanol–water partition coefficient (Wildman–Crippen LogP) is -5.91. The number of aliphatic hydroxyl groups excluding tert-OH is 4. The number of rotatable bonds is 14. The fraction of sp³-hybridized carbons (Fsp3) is 0.545. The number of H-pyrrole nitrogens is 2. The van der Waals surface area contributed by atoms with Crippen LogP contribution in [0.1, 0.15) is 12.5 Å². The zero-order valence-corrected chi connectivity index (χ0v) is 32.5. The number of nitrogen functional groups attached to an aromatic ring is 2. The maximum absolute atomic E-state index is 12.7. The van der Waals surface area contributed by atoms with Gasteiger partial charge in [-0.3, -0.25) is 47.0 Å². The lowest BCUT2D eigenvalue weighted by Gasteiger charge is -2.33. The second-order valence-electron chi connectivity index (χ2n) is 12.4. The Morgan fingerprint density at radius 1 is 0.737 bits per heavy atom. The summed E-state index contributed by atoms with van der Waals surface area (Å²) in [5.41, 5.74) is 9.74. The van der Waals surface area contributed by atoms with Crippen LogP contribution in [0, 0.1) is 0 Å². The number of ether oxygens (including phenoxy) is 2. The number of aromatic nitrogens is 8. The van der Waals surface area contributed by atoms with Crippen molar-refractivity contribution in [2.75, 3.05) is 24.7 Å². The average Bonchev–Trinajstić information content (AvgIpc) is 3.74. The van der Waals surface area contributed by atoms with E-state index < -0.39 is 104 Å². The van der Waals surface area contributed by atoms with Crippen molar-refractivity contribution in [3.63, 3.8) is 0 Å². The van der Waals surface area contributed by atoms with Gasteiger partial charge in [0.25, 0.3) is 53.6 Å². The lowest BCUT2D eigenvalue weighted by atomic mass is 10.1. The van der Waals surface area contributed by atoms with Gasteiger partial charge in [0.1, 0.15) is 36.6 Å². The highest BCUT2D eigenvalue weighted by Crippen LogP contribution is 2.68. The predicted molar refractivity (Wildman–Crippen MR) is 181 cm³/mol. The molecule has 4 radical (unpaired) electrons. The van der Waals surface area contributed by atoms with Crippen LogP contribution in [0.2, 0.25) is 0 Å². The molecule has 0 bridgehead atoms. The summed E-state index contributed by atoms with van der Waals surface area (Å²) in [5, 5.41) is 42.3. The summed E-state index contributed by atoms with van der Waals surface area (Å²) in [6.45, 7) is -2.12. The molecule has 57 heavy (non-hydrogen) atoms. The molecule has 0 saturated carbocycles. The van der Waals surface area contributed by atoms with Gasteiger partial charge in [0.05, 0.1) is 27.3 Å². The van der Waals surface area contributed by atoms with E-state index in [1.165, 1.54) is 35.9 Å². The van der Waals surface area contributed by atoms with Gasteiger partial charge in [-0.1, -0.05) is 9.97 Å². The first kappa shape index (κ1) is 43.4. The zero-order valence-electron chi connectivity index (χ0n) is 28.9. The molecule has 0 amide bonds. The first-order chi connectivity index (χ1) is 26.3. The van der Waals surface area contributed by atoms with Gasteiger partial charge in [-0.05, 0) is 0 Å². The van der Waals surface area contributed by atoms with Crippen LogP contribution >= 0.6 is 30.6 Å². The molecular formula is C22H30B2N10O19P4. The van der Waals surface area contributed by atoms with E-state index in [9.17, 15) is 58.1 Å². The molecule has 29 nitrogen and oxygen atoms in total. The summed E-state index contributed by atoms with van der Waals surface area (Å²) in [6, 6.07) is 0. The fourth-order valence-electron chi connectivity index (χ4n) is 5.94. The molecule has 2 fully saturated rings. The highest BCUT2D eigenvalue weighted by atomic mass is 31.3. The topological polar surface area (TPSA) is 421 Å². The van der Waals surface area contributed by atoms with Crippen LogP contribution in [0.25, 0.3) is 22.3 Å². The van der Waals surface area contributed by atoms with Crippen LogP contribution in [0.4, 0.5) is 11.9 Å². The number of phosphoric acid groups is 2. The molecule has 10 N–H and O–H groups in total. The van der Waals surface area contributed by atoms with E-state index in [0.717, 1.165) is 9.13 Å². The summed E-state index contributed by atoms with van der Waals surface area (Å²) in [6.07, 6.45) is -10.8. The number of aromatic amines is 2. The van der Waals surface area contributed by atoms with E-state index in [-0.39, 0.29) is 34.2 Å². The van der Waals surface area contributed by atoms with Crippen molar-refractivity contribution >= 4 is 79.9 Å². The molecule has 2 saturated heterocycles. The van der Waals surface area contributed by atoms with Gasteiger partial charge in [0, 0.05) is 0 Å². The Kier molecular flexibility index (Phi) is 11.8. The number of anilines is 2. The largest absolute Gasteiger partial charge is 0.756 e. The average molecular weight is 884 g/mol. The lowest BCUT2D eigenvalue weighted by Crippen LogP contribution is -2.46. The minimum atomic E-state index is -6.38. The fourth-order valence-corrected chi connectivity index (χ4v) is 11.0. The molecule has 4 aromatic heterocycles. The van der Waals surface area contributed by atoms with E-state index in [1.54, 1.807) is 0 Å². The minimum absolute atomic E-state index is 0.00548. The van der Waals surface area contributed by atoms with Gasteiger partial charge in [-0.2, -0.15) is 0 Å². The Bertz CT molecular complexity index is 2370. The molecule has 2 aliphatic rings. The number of hydrogen-bond donors (Lipinski definition) is 8. The molecule has 6 rings (SSSR count). The Labute approximate surface area is 319 Å². The molecule has 12 atom stereocenters. The highest BCUT2D eigenvalue weighted by Gasteiger charge is 2.49. The van der Waals surface area contributed by atoms with Crippen molar-refractivity contribution < 1.29 is 89.1 Å². The Morgan fingerprint density at radius 3 is 1.44 bits per heavy atom. The maximum Gasteiger partial charge on any atom is 0.313 e. The molecule has 6 heterocycles. The summed E-state index contributed by atoms with van der Waals surface area (Å²) in [5.74, 6) is -0.590. The third kappa shape index (κ3) is 9.05. The first-order valence-electron chi connectivity index (χ1n) is 15.7. The monoisotopic (exact) mass is 884 g/mol. The lowest BCUT2D eigenvalue weighted by molar-refractivity contribution is -0.746. The van der Waals surface area contributed by atoms with Crippen molar-refractivity contribution in [1.29, 1.82) is 0 Å². The van der Waals surface area contributed by atoms with E-state index >= 15 is 0 Å². The molecule has 2 unspecified atom stereocenters. The molecule has 4 aromatic rings. The van der Waals surface area contributed by atoms with Crippen LogP contribution in [0.3, 0.4) is 0 Å². The van der Waals surface area contributed by atoms with Crippen molar-refractivity contribution in [2.24, 2.45) is 14.1 Å². The zero-order chi connectivity index (χ0) is 42.2. The van der Waals surface area contributed by atoms with Crippen molar-refractivity contribution in [3.8, 4) is 0 Å².